The average Bonchev–Trinajstić information content (AvgIpc) is 2.62. The highest BCUT2D eigenvalue weighted by Gasteiger charge is 2.23. The van der Waals surface area contributed by atoms with Crippen LogP contribution in [0.5, 0.6) is 0 Å². The molecule has 134 valence electrons. The van der Waals surface area contributed by atoms with Gasteiger partial charge in [-0.2, -0.15) is 0 Å². The Morgan fingerprint density at radius 3 is 2.84 bits per heavy atom. The van der Waals surface area contributed by atoms with Crippen LogP contribution in [-0.2, 0) is 4.74 Å². The number of nitrogens with zero attached hydrogens (tertiary/aromatic N) is 1. The van der Waals surface area contributed by atoms with Crippen molar-refractivity contribution in [3.05, 3.63) is 70.9 Å². The Morgan fingerprint density at radius 1 is 1.40 bits per heavy atom. The molecule has 6 heteroatoms. The highest BCUT2D eigenvalue weighted by atomic mass is 19.1. The van der Waals surface area contributed by atoms with E-state index < -0.39 is 5.83 Å². The van der Waals surface area contributed by atoms with Crippen molar-refractivity contribution >= 4 is 5.91 Å². The maximum atomic E-state index is 12.8. The number of benzene rings is 1. The number of hydrogen-bond acceptors (Lipinski definition) is 4. The molecule has 1 amide bonds. The second kappa shape index (κ2) is 9.03. The fourth-order valence-electron chi connectivity index (χ4n) is 2.54. The van der Waals surface area contributed by atoms with Gasteiger partial charge in [-0.3, -0.25) is 4.79 Å². The van der Waals surface area contributed by atoms with Crippen molar-refractivity contribution in [1.29, 1.82) is 0 Å². The molecule has 1 aromatic rings. The van der Waals surface area contributed by atoms with E-state index in [4.69, 9.17) is 16.2 Å². The molecule has 0 radical (unpaired) electrons. The second-order valence-corrected chi connectivity index (χ2v) is 5.80. The predicted octanol–water partition coefficient (Wildman–Crippen LogP) is 2.40. The first-order valence-corrected chi connectivity index (χ1v) is 8.19. The molecule has 2 rings (SSSR count). The van der Waals surface area contributed by atoms with E-state index >= 15 is 0 Å². The zero-order valence-corrected chi connectivity index (χ0v) is 14.4. The molecule has 0 atom stereocenters. The van der Waals surface area contributed by atoms with Crippen molar-refractivity contribution in [2.45, 2.75) is 13.3 Å². The van der Waals surface area contributed by atoms with Crippen LogP contribution >= 0.6 is 0 Å². The number of halogens is 1. The third kappa shape index (κ3) is 5.19. The number of rotatable bonds is 6. The third-order valence-corrected chi connectivity index (χ3v) is 3.95. The summed E-state index contributed by atoms with van der Waals surface area (Å²) in [4.78, 5) is 14.3. The average molecular weight is 345 g/mol. The molecule has 0 unspecified atom stereocenters. The first-order valence-electron chi connectivity index (χ1n) is 8.19. The van der Waals surface area contributed by atoms with Gasteiger partial charge >= 0.3 is 0 Å². The first kappa shape index (κ1) is 18.7. The lowest BCUT2D eigenvalue weighted by Crippen LogP contribution is -2.39. The molecular weight excluding hydrogens is 321 g/mol. The zero-order chi connectivity index (χ0) is 18.2. The van der Waals surface area contributed by atoms with E-state index in [0.29, 0.717) is 36.5 Å². The Balaban J connectivity index is 1.92. The molecule has 1 heterocycles. The smallest absolute Gasteiger partial charge is 0.254 e. The fraction of sp³-hybridized carbons (Fsp3) is 0.316. The van der Waals surface area contributed by atoms with Gasteiger partial charge < -0.3 is 21.1 Å². The molecule has 5 nitrogen and oxygen atoms in total. The summed E-state index contributed by atoms with van der Waals surface area (Å²) in [6.07, 6.45) is 5.09. The van der Waals surface area contributed by atoms with Crippen molar-refractivity contribution in [1.82, 2.24) is 4.90 Å². The van der Waals surface area contributed by atoms with Gasteiger partial charge in [0.05, 0.1) is 12.2 Å². The number of amides is 1. The molecular formula is C19H24FN3O2. The van der Waals surface area contributed by atoms with E-state index in [1.54, 1.807) is 17.1 Å². The summed E-state index contributed by atoms with van der Waals surface area (Å²) in [6.45, 7) is 2.98. The van der Waals surface area contributed by atoms with Gasteiger partial charge in [0, 0.05) is 25.1 Å². The zero-order valence-electron chi connectivity index (χ0n) is 14.4. The van der Waals surface area contributed by atoms with Gasteiger partial charge in [-0.05, 0) is 30.7 Å². The minimum absolute atomic E-state index is 0.0256. The van der Waals surface area contributed by atoms with E-state index in [9.17, 15) is 9.18 Å². The third-order valence-electron chi connectivity index (χ3n) is 3.95. The van der Waals surface area contributed by atoms with Gasteiger partial charge in [0.2, 0.25) is 0 Å². The van der Waals surface area contributed by atoms with Crippen molar-refractivity contribution in [2.24, 2.45) is 11.5 Å². The van der Waals surface area contributed by atoms with Gasteiger partial charge in [0.15, 0.2) is 0 Å². The standard InChI is InChI=1S/C19H24FN3O2/c1-14-6-2-3-8-16(14)19(24)23-10-9-18(17(22)13-23)25-11-5-4-7-15(20)12-21/h2-8H,9-13,21-22H2,1H3/b5-4+,15-7+. The molecule has 1 aliphatic rings. The van der Waals surface area contributed by atoms with E-state index in [2.05, 4.69) is 0 Å². The van der Waals surface area contributed by atoms with Gasteiger partial charge in [-0.1, -0.05) is 24.3 Å². The molecule has 1 aliphatic heterocycles. The first-order chi connectivity index (χ1) is 12.0. The summed E-state index contributed by atoms with van der Waals surface area (Å²) in [5.74, 6) is 0.266. The van der Waals surface area contributed by atoms with E-state index in [0.717, 1.165) is 5.56 Å². The second-order valence-electron chi connectivity index (χ2n) is 5.80. The number of hydrogen-bond donors (Lipinski definition) is 2. The van der Waals surface area contributed by atoms with E-state index in [1.807, 2.05) is 31.2 Å². The van der Waals surface area contributed by atoms with Gasteiger partial charge in [-0.15, -0.1) is 0 Å². The number of ether oxygens (including phenoxy) is 1. The van der Waals surface area contributed by atoms with E-state index in [1.165, 1.54) is 6.08 Å². The monoisotopic (exact) mass is 345 g/mol. The van der Waals surface area contributed by atoms with Crippen molar-refractivity contribution < 1.29 is 13.9 Å². The topological polar surface area (TPSA) is 81.6 Å². The number of carbonyl (C=O) groups is 1. The van der Waals surface area contributed by atoms with Gasteiger partial charge in [0.1, 0.15) is 18.2 Å². The lowest BCUT2D eigenvalue weighted by atomic mass is 10.1. The van der Waals surface area contributed by atoms with Gasteiger partial charge in [-0.25, -0.2) is 4.39 Å². The minimum Gasteiger partial charge on any atom is -0.492 e. The SMILES string of the molecule is Cc1ccccc1C(=O)N1CCC(OC/C=C/C=C(/F)CN)=C(N)C1. The van der Waals surface area contributed by atoms with Crippen LogP contribution in [0, 0.1) is 6.92 Å². The molecule has 0 bridgehead atoms. The van der Waals surface area contributed by atoms with Crippen LogP contribution in [0.1, 0.15) is 22.3 Å². The van der Waals surface area contributed by atoms with Crippen molar-refractivity contribution in [3.8, 4) is 0 Å². The molecule has 4 N–H and O–H groups in total. The Kier molecular flexibility index (Phi) is 6.77. The lowest BCUT2D eigenvalue weighted by Gasteiger charge is -2.29. The molecule has 0 aliphatic carbocycles. The molecule has 0 saturated carbocycles. The Labute approximate surface area is 147 Å². The van der Waals surface area contributed by atoms with Crippen LogP contribution in [0.2, 0.25) is 0 Å². The van der Waals surface area contributed by atoms with Crippen LogP contribution in [0.4, 0.5) is 4.39 Å². The summed E-state index contributed by atoms with van der Waals surface area (Å²) < 4.78 is 18.5. The van der Waals surface area contributed by atoms with Crippen LogP contribution in [0.3, 0.4) is 0 Å². The van der Waals surface area contributed by atoms with Gasteiger partial charge in [0.25, 0.3) is 5.91 Å². The summed E-state index contributed by atoms with van der Waals surface area (Å²) in [5.41, 5.74) is 13.4. The Bertz CT molecular complexity index is 710. The summed E-state index contributed by atoms with van der Waals surface area (Å²) >= 11 is 0. The highest BCUT2D eigenvalue weighted by Crippen LogP contribution is 2.19. The predicted molar refractivity (Wildman–Crippen MR) is 96.3 cm³/mol. The number of allylic oxidation sites excluding steroid dienone is 2. The van der Waals surface area contributed by atoms with Crippen LogP contribution in [0.15, 0.2) is 59.8 Å². The molecule has 25 heavy (non-hydrogen) atoms. The number of carbonyl (C=O) groups excluding carboxylic acids is 1. The molecule has 0 aromatic heterocycles. The molecule has 0 spiro atoms. The summed E-state index contributed by atoms with van der Waals surface area (Å²) in [5, 5.41) is 0. The van der Waals surface area contributed by atoms with Crippen LogP contribution in [0.25, 0.3) is 0 Å². The number of aryl methyl sites for hydroxylation is 1. The minimum atomic E-state index is -0.391. The fourth-order valence-corrected chi connectivity index (χ4v) is 2.54. The normalized spacial score (nSPS) is 15.8. The quantitative estimate of drug-likeness (QED) is 0.776. The number of nitrogens with two attached hydrogens (primary N) is 2. The Hall–Kier alpha value is -2.60. The van der Waals surface area contributed by atoms with E-state index in [-0.39, 0.29) is 19.1 Å². The largest absolute Gasteiger partial charge is 0.492 e. The van der Waals surface area contributed by atoms with Crippen molar-refractivity contribution in [2.75, 3.05) is 26.2 Å². The highest BCUT2D eigenvalue weighted by molar-refractivity contribution is 5.95. The molecule has 1 aromatic carbocycles. The maximum absolute atomic E-state index is 12.8. The summed E-state index contributed by atoms with van der Waals surface area (Å²) in [7, 11) is 0. The summed E-state index contributed by atoms with van der Waals surface area (Å²) in [6, 6.07) is 7.50. The molecule has 0 saturated heterocycles. The van der Waals surface area contributed by atoms with Crippen molar-refractivity contribution in [3.63, 3.8) is 0 Å². The maximum Gasteiger partial charge on any atom is 0.254 e. The Morgan fingerprint density at radius 2 is 2.16 bits per heavy atom. The van der Waals surface area contributed by atoms with Crippen LogP contribution < -0.4 is 11.5 Å². The molecule has 0 fully saturated rings. The van der Waals surface area contributed by atoms with Crippen LogP contribution in [-0.4, -0.2) is 37.0 Å². The lowest BCUT2D eigenvalue weighted by molar-refractivity contribution is 0.0741.